The van der Waals surface area contributed by atoms with Crippen LogP contribution in [0.2, 0.25) is 5.02 Å². The van der Waals surface area contributed by atoms with E-state index >= 15 is 0 Å². The highest BCUT2D eigenvalue weighted by atomic mass is 35.5. The van der Waals surface area contributed by atoms with Crippen LogP contribution in [0.15, 0.2) is 24.3 Å². The van der Waals surface area contributed by atoms with Gasteiger partial charge in [-0.25, -0.2) is 4.98 Å². The van der Waals surface area contributed by atoms with Gasteiger partial charge in [-0.2, -0.15) is 0 Å². The van der Waals surface area contributed by atoms with Crippen molar-refractivity contribution >= 4 is 29.1 Å². The molecule has 7 heteroatoms. The monoisotopic (exact) mass is 372 g/mol. The normalized spacial score (nSPS) is 16.4. The molecule has 1 fully saturated rings. The van der Waals surface area contributed by atoms with E-state index in [4.69, 9.17) is 11.6 Å². The van der Waals surface area contributed by atoms with E-state index in [0.29, 0.717) is 22.2 Å². The van der Waals surface area contributed by atoms with Gasteiger partial charge in [0, 0.05) is 30.3 Å². The lowest BCUT2D eigenvalue weighted by Gasteiger charge is -2.18. The summed E-state index contributed by atoms with van der Waals surface area (Å²) in [4.78, 5) is 32.0. The fraction of sp³-hybridized carbons (Fsp3) is 0.421. The molecular weight excluding hydrogens is 352 g/mol. The third-order valence-electron chi connectivity index (χ3n) is 5.02. The molecule has 1 aromatic carbocycles. The van der Waals surface area contributed by atoms with E-state index < -0.39 is 0 Å². The number of aromatic nitrogens is 2. The Kier molecular flexibility index (Phi) is 4.68. The number of hydrogen-bond acceptors (Lipinski definition) is 3. The second-order valence-corrected chi connectivity index (χ2v) is 7.24. The molecule has 2 aliphatic heterocycles. The number of anilines is 1. The quantitative estimate of drug-likeness (QED) is 0.898. The number of amides is 2. The van der Waals surface area contributed by atoms with E-state index in [1.807, 2.05) is 9.47 Å². The summed E-state index contributed by atoms with van der Waals surface area (Å²) in [5.41, 5.74) is 2.00. The van der Waals surface area contributed by atoms with Crippen molar-refractivity contribution in [3.63, 3.8) is 0 Å². The molecule has 2 aromatic rings. The van der Waals surface area contributed by atoms with Crippen LogP contribution in [0, 0.1) is 0 Å². The molecule has 2 amide bonds. The Bertz CT molecular complexity index is 838. The number of nitrogens with zero attached hydrogens (tertiary/aromatic N) is 3. The Morgan fingerprint density at radius 1 is 1.00 bits per heavy atom. The molecule has 4 rings (SSSR count). The zero-order chi connectivity index (χ0) is 18.1. The second kappa shape index (κ2) is 7.11. The van der Waals surface area contributed by atoms with Gasteiger partial charge < -0.3 is 14.8 Å². The topological polar surface area (TPSA) is 67.2 Å². The highest BCUT2D eigenvalue weighted by molar-refractivity contribution is 6.30. The third kappa shape index (κ3) is 3.21. The van der Waals surface area contributed by atoms with Crippen LogP contribution in [0.3, 0.4) is 0 Å². The molecule has 0 radical (unpaired) electrons. The zero-order valence-corrected chi connectivity index (χ0v) is 15.3. The van der Waals surface area contributed by atoms with Crippen molar-refractivity contribution in [1.29, 1.82) is 0 Å². The van der Waals surface area contributed by atoms with Gasteiger partial charge in [0.15, 0.2) is 5.82 Å². The van der Waals surface area contributed by atoms with Crippen LogP contribution in [0.1, 0.15) is 52.5 Å². The fourth-order valence-corrected chi connectivity index (χ4v) is 3.80. The Morgan fingerprint density at radius 3 is 2.42 bits per heavy atom. The van der Waals surface area contributed by atoms with E-state index in [1.165, 1.54) is 0 Å². The van der Waals surface area contributed by atoms with Crippen LogP contribution in [-0.4, -0.2) is 39.4 Å². The first-order chi connectivity index (χ1) is 12.6. The third-order valence-corrected chi connectivity index (χ3v) is 5.27. The Labute approximate surface area is 157 Å². The lowest BCUT2D eigenvalue weighted by atomic mass is 10.1. The molecule has 1 saturated heterocycles. The maximum absolute atomic E-state index is 12.9. The Balaban J connectivity index is 1.64. The van der Waals surface area contributed by atoms with Crippen molar-refractivity contribution in [1.82, 2.24) is 14.5 Å². The summed E-state index contributed by atoms with van der Waals surface area (Å²) in [6.45, 7) is 2.27. The zero-order valence-electron chi connectivity index (χ0n) is 14.5. The largest absolute Gasteiger partial charge is 0.337 e. The molecule has 1 N–H and O–H groups in total. The molecule has 1 aromatic heterocycles. The van der Waals surface area contributed by atoms with E-state index in [0.717, 1.165) is 57.4 Å². The van der Waals surface area contributed by atoms with Crippen LogP contribution >= 0.6 is 11.6 Å². The molecule has 26 heavy (non-hydrogen) atoms. The van der Waals surface area contributed by atoms with Crippen molar-refractivity contribution in [3.05, 3.63) is 46.5 Å². The van der Waals surface area contributed by atoms with Gasteiger partial charge in [-0.15, -0.1) is 0 Å². The number of nitrogens with one attached hydrogen (secondary N) is 1. The van der Waals surface area contributed by atoms with Crippen molar-refractivity contribution in [3.8, 4) is 0 Å². The van der Waals surface area contributed by atoms with E-state index in [9.17, 15) is 9.59 Å². The van der Waals surface area contributed by atoms with Crippen molar-refractivity contribution in [2.75, 3.05) is 18.4 Å². The molecular formula is C19H21ClN4O2. The summed E-state index contributed by atoms with van der Waals surface area (Å²) >= 11 is 5.89. The number of carbonyl (C=O) groups is 2. The van der Waals surface area contributed by atoms with Crippen LogP contribution in [0.25, 0.3) is 0 Å². The van der Waals surface area contributed by atoms with E-state index in [1.54, 1.807) is 24.3 Å². The summed E-state index contributed by atoms with van der Waals surface area (Å²) in [5.74, 6) is -0.0214. The van der Waals surface area contributed by atoms with Crippen LogP contribution < -0.4 is 5.32 Å². The molecule has 0 bridgehead atoms. The maximum Gasteiger partial charge on any atom is 0.291 e. The number of rotatable bonds is 3. The number of benzene rings is 1. The first kappa shape index (κ1) is 17.1. The lowest BCUT2D eigenvalue weighted by molar-refractivity contribution is 0.0786. The minimum atomic E-state index is -0.295. The van der Waals surface area contributed by atoms with Gasteiger partial charge in [-0.3, -0.25) is 9.59 Å². The number of imidazole rings is 1. The predicted molar refractivity (Wildman–Crippen MR) is 99.7 cm³/mol. The van der Waals surface area contributed by atoms with Gasteiger partial charge in [0.05, 0.1) is 5.69 Å². The minimum absolute atomic E-state index is 0.0429. The number of likely N-dealkylation sites (tertiary alicyclic amines) is 1. The standard InChI is InChI=1S/C19H21ClN4O2/c20-13-6-8-14(9-7-13)21-18(25)17-22-16(15-5-1-2-12-24(15)17)19(26)23-10-3-4-11-23/h6-9H,1-5,10-12H2,(H,21,25). The molecule has 136 valence electrons. The molecule has 0 unspecified atom stereocenters. The van der Waals surface area contributed by atoms with Crippen molar-refractivity contribution in [2.45, 2.75) is 38.6 Å². The minimum Gasteiger partial charge on any atom is -0.337 e. The Hall–Kier alpha value is -2.34. The SMILES string of the molecule is O=C(Nc1ccc(Cl)cc1)c1nc(C(=O)N2CCCC2)c2n1CCCC2. The van der Waals surface area contributed by atoms with Crippen molar-refractivity contribution < 1.29 is 9.59 Å². The first-order valence-corrected chi connectivity index (χ1v) is 9.47. The average molecular weight is 373 g/mol. The van der Waals surface area contributed by atoms with Gasteiger partial charge in [0.2, 0.25) is 0 Å². The number of fused-ring (bicyclic) bond motifs is 1. The summed E-state index contributed by atoms with van der Waals surface area (Å²) in [6, 6.07) is 6.94. The molecule has 0 aliphatic carbocycles. The summed E-state index contributed by atoms with van der Waals surface area (Å²) in [6.07, 6.45) is 4.86. The van der Waals surface area contributed by atoms with Crippen molar-refractivity contribution in [2.24, 2.45) is 0 Å². The molecule has 6 nitrogen and oxygen atoms in total. The van der Waals surface area contributed by atoms with Crippen LogP contribution in [0.5, 0.6) is 0 Å². The van der Waals surface area contributed by atoms with Gasteiger partial charge in [-0.05, 0) is 56.4 Å². The number of halogens is 1. The van der Waals surface area contributed by atoms with Gasteiger partial charge in [-0.1, -0.05) is 11.6 Å². The van der Waals surface area contributed by atoms with Crippen LogP contribution in [0.4, 0.5) is 5.69 Å². The predicted octanol–water partition coefficient (Wildman–Crippen LogP) is 3.36. The summed E-state index contributed by atoms with van der Waals surface area (Å²) < 4.78 is 1.91. The lowest BCUT2D eigenvalue weighted by Crippen LogP contribution is -2.29. The fourth-order valence-electron chi connectivity index (χ4n) is 3.68. The smallest absolute Gasteiger partial charge is 0.291 e. The Morgan fingerprint density at radius 2 is 1.69 bits per heavy atom. The average Bonchev–Trinajstić information content (AvgIpc) is 3.31. The van der Waals surface area contributed by atoms with Gasteiger partial charge >= 0.3 is 0 Å². The van der Waals surface area contributed by atoms with E-state index in [-0.39, 0.29) is 11.8 Å². The molecule has 0 atom stereocenters. The highest BCUT2D eigenvalue weighted by Crippen LogP contribution is 2.24. The molecule has 3 heterocycles. The molecule has 0 spiro atoms. The summed E-state index contributed by atoms with van der Waals surface area (Å²) in [5, 5.41) is 3.46. The molecule has 0 saturated carbocycles. The number of carbonyl (C=O) groups excluding carboxylic acids is 2. The maximum atomic E-state index is 12.9. The van der Waals surface area contributed by atoms with Gasteiger partial charge in [0.25, 0.3) is 11.8 Å². The van der Waals surface area contributed by atoms with Gasteiger partial charge in [0.1, 0.15) is 5.69 Å². The second-order valence-electron chi connectivity index (χ2n) is 6.80. The summed E-state index contributed by atoms with van der Waals surface area (Å²) in [7, 11) is 0. The first-order valence-electron chi connectivity index (χ1n) is 9.09. The highest BCUT2D eigenvalue weighted by Gasteiger charge is 2.30. The number of hydrogen-bond donors (Lipinski definition) is 1. The van der Waals surface area contributed by atoms with E-state index in [2.05, 4.69) is 10.3 Å². The van der Waals surface area contributed by atoms with Crippen LogP contribution in [-0.2, 0) is 13.0 Å². The molecule has 2 aliphatic rings.